The Balaban J connectivity index is 1.99. The lowest BCUT2D eigenvalue weighted by Gasteiger charge is -2.44. The van der Waals surface area contributed by atoms with E-state index in [0.717, 1.165) is 9.99 Å². The van der Waals surface area contributed by atoms with Crippen molar-refractivity contribution < 1.29 is 9.90 Å². The van der Waals surface area contributed by atoms with Gasteiger partial charge in [-0.3, -0.25) is 4.79 Å². The number of nitrogens with zero attached hydrogens (tertiary/aromatic N) is 2. The number of H-pyrrole nitrogens is 1. The van der Waals surface area contributed by atoms with E-state index in [9.17, 15) is 9.90 Å². The lowest BCUT2D eigenvalue weighted by atomic mass is 9.95. The summed E-state index contributed by atoms with van der Waals surface area (Å²) in [6.45, 7) is 2.45. The van der Waals surface area contributed by atoms with E-state index in [1.165, 1.54) is 0 Å². The molecule has 2 aromatic rings. The molecule has 0 unspecified atom stereocenters. The summed E-state index contributed by atoms with van der Waals surface area (Å²) in [5, 5.41) is 9.68. The van der Waals surface area contributed by atoms with E-state index in [1.807, 2.05) is 6.07 Å². The number of rotatable bonds is 1. The number of aromatic nitrogens is 2. The summed E-state index contributed by atoms with van der Waals surface area (Å²) in [5.41, 5.74) is 1.28. The molecule has 0 aliphatic carbocycles. The molecule has 0 radical (unpaired) electrons. The van der Waals surface area contributed by atoms with Crippen LogP contribution < -0.4 is 0 Å². The number of carbonyl (C=O) groups is 1. The maximum atomic E-state index is 12.3. The number of fused-ring (bicyclic) bond motifs is 1. The van der Waals surface area contributed by atoms with Crippen molar-refractivity contribution in [3.8, 4) is 0 Å². The number of benzene rings is 1. The first-order valence-electron chi connectivity index (χ1n) is 5.61. The average molecular weight is 310 g/mol. The number of hydrogen-bond donors (Lipinski definition) is 2. The van der Waals surface area contributed by atoms with Gasteiger partial charge in [-0.05, 0) is 19.1 Å². The van der Waals surface area contributed by atoms with Crippen LogP contribution in [0.1, 0.15) is 17.3 Å². The topological polar surface area (TPSA) is 69.2 Å². The molecule has 0 saturated carbocycles. The Kier molecular flexibility index (Phi) is 2.46. The van der Waals surface area contributed by atoms with Gasteiger partial charge in [0, 0.05) is 4.47 Å². The minimum absolute atomic E-state index is 0.0973. The number of nitrogens with one attached hydrogen (secondary N) is 1. The summed E-state index contributed by atoms with van der Waals surface area (Å²) in [4.78, 5) is 21.1. The molecule has 6 heteroatoms. The van der Waals surface area contributed by atoms with Crippen LogP contribution in [-0.4, -0.2) is 44.6 Å². The molecule has 0 atom stereocenters. The van der Waals surface area contributed by atoms with Crippen LogP contribution in [0.5, 0.6) is 0 Å². The molecule has 2 N–H and O–H groups in total. The smallest absolute Gasteiger partial charge is 0.256 e. The zero-order valence-electron chi connectivity index (χ0n) is 9.77. The van der Waals surface area contributed by atoms with Gasteiger partial charge in [0.25, 0.3) is 5.91 Å². The Hall–Kier alpha value is -1.40. The van der Waals surface area contributed by atoms with E-state index in [2.05, 4.69) is 25.9 Å². The van der Waals surface area contributed by atoms with Gasteiger partial charge < -0.3 is 15.0 Å². The summed E-state index contributed by atoms with van der Waals surface area (Å²) < 4.78 is 0.829. The van der Waals surface area contributed by atoms with Crippen LogP contribution in [0.2, 0.25) is 0 Å². The van der Waals surface area contributed by atoms with E-state index in [-0.39, 0.29) is 5.91 Å². The maximum Gasteiger partial charge on any atom is 0.256 e. The second-order valence-corrected chi connectivity index (χ2v) is 5.83. The van der Waals surface area contributed by atoms with Crippen LogP contribution >= 0.6 is 15.9 Å². The van der Waals surface area contributed by atoms with Gasteiger partial charge in [0.1, 0.15) is 5.52 Å². The van der Waals surface area contributed by atoms with Crippen molar-refractivity contribution >= 4 is 32.9 Å². The first kappa shape index (κ1) is 11.7. The highest BCUT2D eigenvalue weighted by Gasteiger charge is 2.40. The van der Waals surface area contributed by atoms with E-state index < -0.39 is 5.60 Å². The van der Waals surface area contributed by atoms with Gasteiger partial charge in [0.2, 0.25) is 0 Å². The van der Waals surface area contributed by atoms with Crippen molar-refractivity contribution in [2.75, 3.05) is 13.1 Å². The standard InChI is InChI=1S/C12H12BrN3O2/c1-12(18)4-16(5-12)11(17)8-2-7(13)3-9-10(8)15-6-14-9/h2-3,6,18H,4-5H2,1H3,(H,14,15). The molecule has 5 nitrogen and oxygen atoms in total. The minimum atomic E-state index is -0.758. The van der Waals surface area contributed by atoms with Crippen molar-refractivity contribution in [3.63, 3.8) is 0 Å². The monoisotopic (exact) mass is 309 g/mol. The SMILES string of the molecule is CC1(O)CN(C(=O)c2cc(Br)cc3[nH]cnc23)C1. The average Bonchev–Trinajstić information content (AvgIpc) is 2.71. The fraction of sp³-hybridized carbons (Fsp3) is 0.333. The van der Waals surface area contributed by atoms with Crippen molar-refractivity contribution in [2.24, 2.45) is 0 Å². The highest BCUT2D eigenvalue weighted by Crippen LogP contribution is 2.27. The largest absolute Gasteiger partial charge is 0.386 e. The van der Waals surface area contributed by atoms with Gasteiger partial charge in [-0.25, -0.2) is 4.98 Å². The van der Waals surface area contributed by atoms with Crippen LogP contribution in [0.3, 0.4) is 0 Å². The first-order valence-corrected chi connectivity index (χ1v) is 6.40. The predicted octanol–water partition coefficient (Wildman–Crippen LogP) is 1.53. The van der Waals surface area contributed by atoms with Gasteiger partial charge in [0.15, 0.2) is 0 Å². The van der Waals surface area contributed by atoms with Gasteiger partial charge in [0.05, 0.1) is 36.1 Å². The van der Waals surface area contributed by atoms with Crippen molar-refractivity contribution in [1.29, 1.82) is 0 Å². The summed E-state index contributed by atoms with van der Waals surface area (Å²) in [7, 11) is 0. The Bertz CT molecular complexity index is 627. The highest BCUT2D eigenvalue weighted by molar-refractivity contribution is 9.10. The first-order chi connectivity index (χ1) is 8.46. The zero-order chi connectivity index (χ0) is 12.9. The number of carbonyl (C=O) groups excluding carboxylic acids is 1. The number of imidazole rings is 1. The molecule has 1 saturated heterocycles. The summed E-state index contributed by atoms with van der Waals surface area (Å²) >= 11 is 3.38. The summed E-state index contributed by atoms with van der Waals surface area (Å²) in [6, 6.07) is 3.64. The molecule has 1 aliphatic rings. The van der Waals surface area contributed by atoms with E-state index in [1.54, 1.807) is 24.2 Å². The molecule has 2 heterocycles. The second-order valence-electron chi connectivity index (χ2n) is 4.91. The molecule has 1 amide bonds. The Labute approximate surface area is 112 Å². The third-order valence-corrected chi connectivity index (χ3v) is 3.53. The van der Waals surface area contributed by atoms with Crippen LogP contribution in [0, 0.1) is 0 Å². The third kappa shape index (κ3) is 1.81. The molecule has 3 rings (SSSR count). The predicted molar refractivity (Wildman–Crippen MR) is 70.3 cm³/mol. The van der Waals surface area contributed by atoms with Crippen LogP contribution in [0.25, 0.3) is 11.0 Å². The molecule has 18 heavy (non-hydrogen) atoms. The van der Waals surface area contributed by atoms with E-state index in [4.69, 9.17) is 0 Å². The number of hydrogen-bond acceptors (Lipinski definition) is 3. The lowest BCUT2D eigenvalue weighted by molar-refractivity contribution is -0.0668. The Morgan fingerprint density at radius 3 is 2.94 bits per heavy atom. The normalized spacial score (nSPS) is 17.8. The zero-order valence-corrected chi connectivity index (χ0v) is 11.4. The fourth-order valence-electron chi connectivity index (χ4n) is 2.27. The second kappa shape index (κ2) is 3.80. The van der Waals surface area contributed by atoms with Gasteiger partial charge in [-0.2, -0.15) is 0 Å². The molecule has 94 valence electrons. The van der Waals surface area contributed by atoms with Crippen LogP contribution in [-0.2, 0) is 0 Å². The van der Waals surface area contributed by atoms with Gasteiger partial charge in [-0.1, -0.05) is 15.9 Å². The summed E-state index contributed by atoms with van der Waals surface area (Å²) in [5.74, 6) is -0.0973. The van der Waals surface area contributed by atoms with Gasteiger partial charge in [-0.15, -0.1) is 0 Å². The van der Waals surface area contributed by atoms with E-state index in [0.29, 0.717) is 24.2 Å². The molecular weight excluding hydrogens is 298 g/mol. The molecule has 1 aromatic heterocycles. The number of likely N-dealkylation sites (tertiary alicyclic amines) is 1. The molecule has 0 spiro atoms. The van der Waals surface area contributed by atoms with E-state index >= 15 is 0 Å². The highest BCUT2D eigenvalue weighted by atomic mass is 79.9. The number of amides is 1. The Morgan fingerprint density at radius 2 is 2.28 bits per heavy atom. The fourth-order valence-corrected chi connectivity index (χ4v) is 2.73. The van der Waals surface area contributed by atoms with Crippen molar-refractivity contribution in [1.82, 2.24) is 14.9 Å². The number of aliphatic hydroxyl groups is 1. The number of aromatic amines is 1. The molecule has 1 fully saturated rings. The van der Waals surface area contributed by atoms with Crippen molar-refractivity contribution in [2.45, 2.75) is 12.5 Å². The third-order valence-electron chi connectivity index (χ3n) is 3.07. The quantitative estimate of drug-likeness (QED) is 0.839. The Morgan fingerprint density at radius 1 is 1.56 bits per heavy atom. The van der Waals surface area contributed by atoms with Crippen LogP contribution in [0.15, 0.2) is 22.9 Å². The van der Waals surface area contributed by atoms with Gasteiger partial charge >= 0.3 is 0 Å². The molecule has 0 bridgehead atoms. The van der Waals surface area contributed by atoms with Crippen molar-refractivity contribution in [3.05, 3.63) is 28.5 Å². The maximum absolute atomic E-state index is 12.3. The molecule has 1 aliphatic heterocycles. The molecular formula is C12H12BrN3O2. The van der Waals surface area contributed by atoms with Crippen LogP contribution in [0.4, 0.5) is 0 Å². The number of halogens is 1. The number of β-amino-alcohol motifs (C(OH)–C–C–N with tert-alkyl or cyclic N) is 1. The lowest BCUT2D eigenvalue weighted by Crippen LogP contribution is -2.61. The minimum Gasteiger partial charge on any atom is -0.386 e. The summed E-state index contributed by atoms with van der Waals surface area (Å²) in [6.07, 6.45) is 1.57. The molecule has 1 aromatic carbocycles.